The Kier molecular flexibility index (Phi) is 3.66. The van der Waals surface area contributed by atoms with Crippen molar-refractivity contribution in [2.75, 3.05) is 18.9 Å². The molecule has 0 radical (unpaired) electrons. The van der Waals surface area contributed by atoms with Gasteiger partial charge in [0.2, 0.25) is 11.8 Å². The predicted octanol–water partition coefficient (Wildman–Crippen LogP) is 1.80. The summed E-state index contributed by atoms with van der Waals surface area (Å²) in [6.07, 6.45) is 0.264. The lowest BCUT2D eigenvalue weighted by Crippen LogP contribution is -2.26. The lowest BCUT2D eigenvalue weighted by atomic mass is 10.1. The van der Waals surface area contributed by atoms with Crippen LogP contribution in [0.2, 0.25) is 0 Å². The third-order valence-corrected chi connectivity index (χ3v) is 3.95. The molecule has 1 atom stereocenters. The fraction of sp³-hybridized carbons (Fsp3) is 0.312. The highest BCUT2D eigenvalue weighted by atomic mass is 16.2. The van der Waals surface area contributed by atoms with Crippen LogP contribution in [0.1, 0.15) is 12.1 Å². The van der Waals surface area contributed by atoms with Crippen LogP contribution < -0.4 is 5.32 Å². The molecule has 114 valence electrons. The average Bonchev–Trinajstić information content (AvgIpc) is 3.04. The van der Waals surface area contributed by atoms with Crippen LogP contribution in [0.4, 0.5) is 5.69 Å². The van der Waals surface area contributed by atoms with E-state index < -0.39 is 0 Å². The lowest BCUT2D eigenvalue weighted by Gasteiger charge is -2.12. The molecule has 2 aromatic rings. The van der Waals surface area contributed by atoms with E-state index in [0.717, 1.165) is 11.3 Å². The molecule has 3 rings (SSSR count). The number of benzene rings is 1. The Bertz CT molecular complexity index is 708. The Balaban J connectivity index is 1.83. The van der Waals surface area contributed by atoms with Gasteiger partial charge in [0.25, 0.3) is 0 Å². The van der Waals surface area contributed by atoms with Crippen LogP contribution >= 0.6 is 0 Å². The molecule has 1 fully saturated rings. The first-order chi connectivity index (χ1) is 10.6. The number of anilines is 1. The number of aryl methyl sites for hydroxylation is 1. The maximum absolute atomic E-state index is 12.4. The number of nitrogens with zero attached hydrogens (tertiary/aromatic N) is 2. The van der Waals surface area contributed by atoms with E-state index in [4.69, 9.17) is 0 Å². The Morgan fingerprint density at radius 2 is 2.09 bits per heavy atom. The molecule has 2 heterocycles. The number of aromatic amines is 1. The van der Waals surface area contributed by atoms with Crippen molar-refractivity contribution in [3.05, 3.63) is 36.0 Å². The fourth-order valence-corrected chi connectivity index (χ4v) is 2.65. The first-order valence-electron chi connectivity index (χ1n) is 7.21. The van der Waals surface area contributed by atoms with Gasteiger partial charge >= 0.3 is 0 Å². The van der Waals surface area contributed by atoms with Crippen LogP contribution in [0.5, 0.6) is 0 Å². The van der Waals surface area contributed by atoms with Gasteiger partial charge in [0.1, 0.15) is 5.69 Å². The molecule has 1 aromatic heterocycles. The zero-order chi connectivity index (χ0) is 15.7. The van der Waals surface area contributed by atoms with Gasteiger partial charge in [-0.1, -0.05) is 30.3 Å². The second-order valence-electron chi connectivity index (χ2n) is 5.60. The van der Waals surface area contributed by atoms with Gasteiger partial charge in [-0.25, -0.2) is 0 Å². The van der Waals surface area contributed by atoms with Crippen LogP contribution in [0.15, 0.2) is 30.3 Å². The van der Waals surface area contributed by atoms with E-state index in [1.807, 2.05) is 37.3 Å². The summed E-state index contributed by atoms with van der Waals surface area (Å²) in [6.45, 7) is 2.32. The molecular weight excluding hydrogens is 280 g/mol. The van der Waals surface area contributed by atoms with E-state index in [-0.39, 0.29) is 24.2 Å². The van der Waals surface area contributed by atoms with Gasteiger partial charge in [0, 0.05) is 25.6 Å². The molecule has 0 saturated carbocycles. The number of H-pyrrole nitrogens is 1. The summed E-state index contributed by atoms with van der Waals surface area (Å²) in [5.74, 6) is -0.442. The predicted molar refractivity (Wildman–Crippen MR) is 83.1 cm³/mol. The van der Waals surface area contributed by atoms with Crippen molar-refractivity contribution in [1.82, 2.24) is 15.1 Å². The van der Waals surface area contributed by atoms with Crippen molar-refractivity contribution in [1.29, 1.82) is 0 Å². The van der Waals surface area contributed by atoms with Crippen molar-refractivity contribution in [3.63, 3.8) is 0 Å². The molecule has 0 aliphatic carbocycles. The molecule has 1 aliphatic rings. The van der Waals surface area contributed by atoms with Crippen LogP contribution in [0, 0.1) is 12.8 Å². The van der Waals surface area contributed by atoms with Crippen LogP contribution in [-0.2, 0) is 9.59 Å². The van der Waals surface area contributed by atoms with Gasteiger partial charge in [-0.2, -0.15) is 5.10 Å². The van der Waals surface area contributed by atoms with Crippen LogP contribution in [0.25, 0.3) is 11.3 Å². The zero-order valence-corrected chi connectivity index (χ0v) is 12.6. The highest BCUT2D eigenvalue weighted by Crippen LogP contribution is 2.29. The van der Waals surface area contributed by atoms with Crippen molar-refractivity contribution >= 4 is 17.5 Å². The standard InChI is InChI=1S/C16H18N4O2/c1-10-14(15(19-18-10)11-6-4-3-5-7-11)17-16(22)12-8-13(21)20(2)9-12/h3-7,12H,8-9H2,1-2H3,(H,17,22)(H,18,19). The topological polar surface area (TPSA) is 78.1 Å². The Hall–Kier alpha value is -2.63. The number of hydrogen-bond acceptors (Lipinski definition) is 3. The second kappa shape index (κ2) is 5.63. The molecule has 6 heteroatoms. The first-order valence-corrected chi connectivity index (χ1v) is 7.21. The number of hydrogen-bond donors (Lipinski definition) is 2. The SMILES string of the molecule is Cc1[nH]nc(-c2ccccc2)c1NC(=O)C1CC(=O)N(C)C1. The third kappa shape index (κ3) is 2.59. The minimum Gasteiger partial charge on any atom is -0.345 e. The molecular formula is C16H18N4O2. The summed E-state index contributed by atoms with van der Waals surface area (Å²) in [5, 5.41) is 10.1. The molecule has 2 N–H and O–H groups in total. The van der Waals surface area contributed by atoms with Crippen molar-refractivity contribution < 1.29 is 9.59 Å². The molecule has 0 bridgehead atoms. The summed E-state index contributed by atoms with van der Waals surface area (Å²) < 4.78 is 0. The van der Waals surface area contributed by atoms with Gasteiger partial charge in [0.05, 0.1) is 17.3 Å². The quantitative estimate of drug-likeness (QED) is 0.907. The monoisotopic (exact) mass is 298 g/mol. The van der Waals surface area contributed by atoms with Gasteiger partial charge < -0.3 is 10.2 Å². The molecule has 1 unspecified atom stereocenters. The summed E-state index contributed by atoms with van der Waals surface area (Å²) >= 11 is 0. The van der Waals surface area contributed by atoms with Gasteiger partial charge in [0.15, 0.2) is 0 Å². The molecule has 1 saturated heterocycles. The summed E-state index contributed by atoms with van der Waals surface area (Å²) in [7, 11) is 1.72. The number of rotatable bonds is 3. The summed E-state index contributed by atoms with van der Waals surface area (Å²) in [6, 6.07) is 9.67. The second-order valence-corrected chi connectivity index (χ2v) is 5.60. The largest absolute Gasteiger partial charge is 0.345 e. The minimum atomic E-state index is -0.310. The van der Waals surface area contributed by atoms with E-state index >= 15 is 0 Å². The Morgan fingerprint density at radius 1 is 1.36 bits per heavy atom. The van der Waals surface area contributed by atoms with E-state index in [2.05, 4.69) is 15.5 Å². The summed E-state index contributed by atoms with van der Waals surface area (Å²) in [4.78, 5) is 25.6. The van der Waals surface area contributed by atoms with E-state index in [1.54, 1.807) is 11.9 Å². The zero-order valence-electron chi connectivity index (χ0n) is 12.6. The molecule has 2 amide bonds. The van der Waals surface area contributed by atoms with E-state index in [1.165, 1.54) is 0 Å². The first kappa shape index (κ1) is 14.3. The normalized spacial score (nSPS) is 17.8. The minimum absolute atomic E-state index is 0.00680. The van der Waals surface area contributed by atoms with Gasteiger partial charge in [-0.05, 0) is 6.92 Å². The Labute approximate surface area is 128 Å². The van der Waals surface area contributed by atoms with Crippen LogP contribution in [-0.4, -0.2) is 40.5 Å². The molecule has 1 aliphatic heterocycles. The highest BCUT2D eigenvalue weighted by Gasteiger charge is 2.32. The van der Waals surface area contributed by atoms with Gasteiger partial charge in [-0.15, -0.1) is 0 Å². The smallest absolute Gasteiger partial charge is 0.229 e. The number of carbonyl (C=O) groups is 2. The molecule has 0 spiro atoms. The highest BCUT2D eigenvalue weighted by molar-refractivity contribution is 5.99. The average molecular weight is 298 g/mol. The maximum Gasteiger partial charge on any atom is 0.229 e. The van der Waals surface area contributed by atoms with E-state index in [0.29, 0.717) is 17.9 Å². The number of amides is 2. The Morgan fingerprint density at radius 3 is 2.73 bits per heavy atom. The number of nitrogens with one attached hydrogen (secondary N) is 2. The number of likely N-dealkylation sites (tertiary alicyclic amines) is 1. The summed E-state index contributed by atoms with van der Waals surface area (Å²) in [5.41, 5.74) is 3.12. The van der Waals surface area contributed by atoms with Crippen molar-refractivity contribution in [2.24, 2.45) is 5.92 Å². The molecule has 22 heavy (non-hydrogen) atoms. The third-order valence-electron chi connectivity index (χ3n) is 3.95. The molecule has 6 nitrogen and oxygen atoms in total. The van der Waals surface area contributed by atoms with Crippen molar-refractivity contribution in [3.8, 4) is 11.3 Å². The van der Waals surface area contributed by atoms with Gasteiger partial charge in [-0.3, -0.25) is 14.7 Å². The van der Waals surface area contributed by atoms with Crippen molar-refractivity contribution in [2.45, 2.75) is 13.3 Å². The number of carbonyl (C=O) groups excluding carboxylic acids is 2. The maximum atomic E-state index is 12.4. The lowest BCUT2D eigenvalue weighted by molar-refractivity contribution is -0.127. The molecule has 1 aromatic carbocycles. The van der Waals surface area contributed by atoms with Crippen LogP contribution in [0.3, 0.4) is 0 Å². The van der Waals surface area contributed by atoms with E-state index in [9.17, 15) is 9.59 Å². The fourth-order valence-electron chi connectivity index (χ4n) is 2.65. The number of aromatic nitrogens is 2.